The third-order valence-corrected chi connectivity index (χ3v) is 19.8. The van der Waals surface area contributed by atoms with Gasteiger partial charge in [0.05, 0.1) is 54.9 Å². The third-order valence-electron chi connectivity index (χ3n) is 19.8. The van der Waals surface area contributed by atoms with Crippen LogP contribution in [0.25, 0.3) is 22.3 Å². The summed E-state index contributed by atoms with van der Waals surface area (Å²) in [5.74, 6) is 2.17. The lowest BCUT2D eigenvalue weighted by molar-refractivity contribution is -0.120. The molecule has 10 atom stereocenters. The lowest BCUT2D eigenvalue weighted by Gasteiger charge is -2.22. The van der Waals surface area contributed by atoms with Gasteiger partial charge in [-0.2, -0.15) is 25.1 Å². The summed E-state index contributed by atoms with van der Waals surface area (Å²) in [4.78, 5) is 49.6. The zero-order valence-corrected chi connectivity index (χ0v) is 51.0. The largest absolute Gasteiger partial charge is 0.388 e. The molecule has 5 N–H and O–H groups in total. The number of aryl methyl sites for hydroxylation is 3. The number of nitrogens with one attached hydrogen (secondary N) is 1. The Balaban J connectivity index is 0.697. The highest BCUT2D eigenvalue weighted by molar-refractivity contribution is 5.85. The van der Waals surface area contributed by atoms with E-state index in [9.17, 15) is 25.2 Å². The van der Waals surface area contributed by atoms with E-state index in [2.05, 4.69) is 136 Å². The van der Waals surface area contributed by atoms with Crippen molar-refractivity contribution in [1.29, 1.82) is 0 Å². The minimum atomic E-state index is -1.10. The molecule has 2 aliphatic heterocycles. The first kappa shape index (κ1) is 59.0. The Morgan fingerprint density at radius 2 is 0.978 bits per heavy atom. The standard InChI is InChI=1S/C70H79N15O5/c1-3-44-35-74-84(40-44)58-33-56(62(87)64(58)89)82-42-72-60-55(26-25-53(48-17-9-5-10-18-48)49-19-11-6-12-20-49)76-69(78-67(60)82)80-29-27-46(38-80)31-52(86)32-47-28-30-81(39-47)70-77-66(71-37-54(50-21-13-7-14-22-50)51-23-15-8-16-24-51)61-68(79-70)83(43-73-61)57-34-59(65(90)63(57)88)85-41-45(4-2)36-75-85/h5-24,35-36,40-43,46-47,53-54,56-59,62-65,87-90H,3-4,25-34,37-39H2,1-2H3,(H,71,77,79)/t46-,47-,56+,57+,58-,59-,62-,63-,64+,65+/m0/s1. The number of anilines is 3. The number of nitrogens with zero attached hydrogens (tertiary/aromatic N) is 14. The SMILES string of the molecule is CCc1cnn([C@H]2C[C@@H](n3cnc4c(CCC(c5ccccc5)c5ccccc5)nc(N5CC[C@@H](CC(=O)C[C@@H]6CCN(c7nc(NCC(c8ccccc8)c8ccccc8)c8ncn([C@@H]9C[C@H](n%10cc(CC)cn%10)[C@@H](O)[C@H]9O)c8n7)C6)C5)nc43)[C@H](O)[C@@H]2O)c1. The smallest absolute Gasteiger partial charge is 0.229 e. The summed E-state index contributed by atoms with van der Waals surface area (Å²) in [6.07, 6.45) is 13.0. The summed E-state index contributed by atoms with van der Waals surface area (Å²) in [6.45, 7) is 7.21. The number of aliphatic hydroxyl groups is 4. The molecule has 0 unspecified atom stereocenters. The summed E-state index contributed by atoms with van der Waals surface area (Å²) in [5.41, 5.74) is 10.1. The van der Waals surface area contributed by atoms with E-state index in [0.717, 1.165) is 60.1 Å². The second kappa shape index (κ2) is 25.7. The Morgan fingerprint density at radius 3 is 1.44 bits per heavy atom. The molecule has 4 aliphatic rings. The number of Topliss-reactive ketones (excluding diaryl/α,β-unsaturated/α-hetero) is 1. The zero-order chi connectivity index (χ0) is 61.4. The molecular weight excluding hydrogens is 1130 g/mol. The molecule has 20 nitrogen and oxygen atoms in total. The molecular formula is C70H79N15O5. The minimum Gasteiger partial charge on any atom is -0.388 e. The fraction of sp³-hybridized carbons (Fsp3) is 0.414. The number of fused-ring (bicyclic) bond motifs is 2. The van der Waals surface area contributed by atoms with Gasteiger partial charge in [-0.25, -0.2) is 15.0 Å². The maximum atomic E-state index is 14.4. The van der Waals surface area contributed by atoms with Crippen LogP contribution in [0.2, 0.25) is 0 Å². The highest BCUT2D eigenvalue weighted by atomic mass is 16.3. The molecule has 10 aromatic rings. The summed E-state index contributed by atoms with van der Waals surface area (Å²) >= 11 is 0. The highest BCUT2D eigenvalue weighted by Crippen LogP contribution is 2.43. The van der Waals surface area contributed by atoms with Crippen LogP contribution in [0.5, 0.6) is 0 Å². The van der Waals surface area contributed by atoms with E-state index < -0.39 is 48.6 Å². The lowest BCUT2D eigenvalue weighted by Crippen LogP contribution is -2.30. The van der Waals surface area contributed by atoms with Crippen LogP contribution in [0.1, 0.15) is 134 Å². The van der Waals surface area contributed by atoms with Crippen LogP contribution in [0.3, 0.4) is 0 Å². The molecule has 0 radical (unpaired) electrons. The van der Waals surface area contributed by atoms with Crippen LogP contribution >= 0.6 is 0 Å². The maximum absolute atomic E-state index is 14.4. The van der Waals surface area contributed by atoms with Gasteiger partial charge in [0, 0.05) is 69.8 Å². The number of hydrogen-bond acceptors (Lipinski definition) is 16. The van der Waals surface area contributed by atoms with Gasteiger partial charge in [0.25, 0.3) is 0 Å². The predicted molar refractivity (Wildman–Crippen MR) is 344 cm³/mol. The first-order valence-electron chi connectivity index (χ1n) is 32.3. The Hall–Kier alpha value is -8.69. The van der Waals surface area contributed by atoms with Crippen molar-refractivity contribution in [3.63, 3.8) is 0 Å². The van der Waals surface area contributed by atoms with Gasteiger partial charge in [0.2, 0.25) is 11.9 Å². The second-order valence-electron chi connectivity index (χ2n) is 25.4. The van der Waals surface area contributed by atoms with Crippen LogP contribution in [-0.2, 0) is 24.1 Å². The van der Waals surface area contributed by atoms with Crippen molar-refractivity contribution in [2.45, 2.75) is 138 Å². The molecule has 2 saturated heterocycles. The van der Waals surface area contributed by atoms with Gasteiger partial charge in [0.15, 0.2) is 22.6 Å². The van der Waals surface area contributed by atoms with Gasteiger partial charge in [0.1, 0.15) is 35.7 Å². The van der Waals surface area contributed by atoms with E-state index in [0.29, 0.717) is 105 Å². The quantitative estimate of drug-likeness (QED) is 0.0425. The van der Waals surface area contributed by atoms with E-state index in [1.54, 1.807) is 22.0 Å². The molecule has 4 fully saturated rings. The monoisotopic (exact) mass is 1210 g/mol. The fourth-order valence-corrected chi connectivity index (χ4v) is 14.7. The second-order valence-corrected chi connectivity index (χ2v) is 25.4. The molecule has 0 bridgehead atoms. The molecule has 2 saturated carbocycles. The van der Waals surface area contributed by atoms with Gasteiger partial charge >= 0.3 is 0 Å². The molecule has 20 heteroatoms. The van der Waals surface area contributed by atoms with Crippen molar-refractivity contribution >= 4 is 45.8 Å². The van der Waals surface area contributed by atoms with E-state index in [1.165, 1.54) is 11.1 Å². The van der Waals surface area contributed by atoms with Crippen molar-refractivity contribution in [2.24, 2.45) is 11.8 Å². The Morgan fingerprint density at radius 1 is 0.544 bits per heavy atom. The van der Waals surface area contributed by atoms with Crippen molar-refractivity contribution in [3.8, 4) is 0 Å². The van der Waals surface area contributed by atoms with Gasteiger partial charge in [-0.1, -0.05) is 135 Å². The number of aromatic nitrogens is 12. The topological polar surface area (TPSA) is 239 Å². The van der Waals surface area contributed by atoms with Crippen LogP contribution in [-0.4, -0.2) is 142 Å². The van der Waals surface area contributed by atoms with Gasteiger partial charge < -0.3 is 44.7 Å². The Kier molecular flexibility index (Phi) is 16.8. The first-order valence-corrected chi connectivity index (χ1v) is 32.3. The minimum absolute atomic E-state index is 0.00221. The number of carbonyl (C=O) groups is 1. The lowest BCUT2D eigenvalue weighted by atomic mass is 9.87. The van der Waals surface area contributed by atoms with E-state index in [1.807, 2.05) is 58.2 Å². The summed E-state index contributed by atoms with van der Waals surface area (Å²) in [7, 11) is 0. The maximum Gasteiger partial charge on any atom is 0.229 e. The van der Waals surface area contributed by atoms with Gasteiger partial charge in [-0.3, -0.25) is 14.2 Å². The van der Waals surface area contributed by atoms with Crippen LogP contribution in [0, 0.1) is 11.8 Å². The number of carbonyl (C=O) groups excluding carboxylic acids is 1. The third kappa shape index (κ3) is 11.8. The molecule has 14 rings (SSSR count). The molecule has 0 amide bonds. The summed E-state index contributed by atoms with van der Waals surface area (Å²) < 4.78 is 7.39. The number of hydrogen-bond donors (Lipinski definition) is 5. The van der Waals surface area contributed by atoms with Gasteiger partial charge in [-0.15, -0.1) is 0 Å². The van der Waals surface area contributed by atoms with Crippen molar-refractivity contribution in [2.75, 3.05) is 47.8 Å². The number of benzene rings is 4. The first-order chi connectivity index (χ1) is 44.0. The molecule has 8 heterocycles. The molecule has 6 aromatic heterocycles. The number of rotatable bonds is 22. The van der Waals surface area contributed by atoms with E-state index in [-0.39, 0.29) is 29.5 Å². The van der Waals surface area contributed by atoms with Gasteiger partial charge in [-0.05, 0) is 96.6 Å². The van der Waals surface area contributed by atoms with Crippen molar-refractivity contribution < 1.29 is 25.2 Å². The van der Waals surface area contributed by atoms with Crippen LogP contribution < -0.4 is 15.1 Å². The fourth-order valence-electron chi connectivity index (χ4n) is 14.7. The normalized spacial score (nSPS) is 23.6. The van der Waals surface area contributed by atoms with Crippen molar-refractivity contribution in [1.82, 2.24) is 58.6 Å². The Bertz CT molecular complexity index is 3730. The number of aliphatic hydroxyl groups excluding tert-OH is 4. The average molecular weight is 1210 g/mol. The van der Waals surface area contributed by atoms with Crippen LogP contribution in [0.4, 0.5) is 17.7 Å². The molecule has 0 spiro atoms. The van der Waals surface area contributed by atoms with Crippen molar-refractivity contribution in [3.05, 3.63) is 198 Å². The number of imidazole rings is 2. The molecule has 90 heavy (non-hydrogen) atoms. The van der Waals surface area contributed by atoms with Crippen LogP contribution in [0.15, 0.2) is 159 Å². The summed E-state index contributed by atoms with van der Waals surface area (Å²) in [5, 5.41) is 59.4. The molecule has 464 valence electrons. The van der Waals surface area contributed by atoms with E-state index in [4.69, 9.17) is 29.9 Å². The van der Waals surface area contributed by atoms with E-state index >= 15 is 0 Å². The molecule has 2 aliphatic carbocycles. The number of ketones is 1. The molecule has 4 aromatic carbocycles. The Labute approximate surface area is 523 Å². The highest BCUT2D eigenvalue weighted by Gasteiger charge is 2.46. The predicted octanol–water partition coefficient (Wildman–Crippen LogP) is 9.01. The average Bonchev–Trinajstić information content (AvgIpc) is 1.68. The summed E-state index contributed by atoms with van der Waals surface area (Å²) in [6, 6.07) is 40.1. The zero-order valence-electron chi connectivity index (χ0n) is 51.0.